The molecule has 1 fully saturated rings. The van der Waals surface area contributed by atoms with Crippen LogP contribution in [0.2, 0.25) is 0 Å². The van der Waals surface area contributed by atoms with Crippen molar-refractivity contribution < 1.29 is 19.1 Å². The molecule has 0 bridgehead atoms. The van der Waals surface area contributed by atoms with Gasteiger partial charge in [0.1, 0.15) is 5.54 Å². The molecule has 2 heterocycles. The monoisotopic (exact) mass is 371 g/mol. The minimum atomic E-state index is -1.18. The van der Waals surface area contributed by atoms with Crippen molar-refractivity contribution in [3.8, 4) is 5.82 Å². The van der Waals surface area contributed by atoms with E-state index in [9.17, 15) is 14.8 Å². The number of carbonyl (C=O) groups is 2. The van der Waals surface area contributed by atoms with Crippen LogP contribution in [0.1, 0.15) is 54.4 Å². The van der Waals surface area contributed by atoms with Crippen molar-refractivity contribution in [3.63, 3.8) is 0 Å². The summed E-state index contributed by atoms with van der Waals surface area (Å²) in [5.41, 5.74) is 0.916. The third kappa shape index (κ3) is 2.92. The maximum Gasteiger partial charge on any atom is 0.330 e. The summed E-state index contributed by atoms with van der Waals surface area (Å²) in [6.45, 7) is 3.16. The Morgan fingerprint density at radius 3 is 2.93 bits per heavy atom. The molecule has 0 radical (unpaired) electrons. The topological polar surface area (TPSA) is 113 Å². The zero-order valence-corrected chi connectivity index (χ0v) is 15.4. The summed E-state index contributed by atoms with van der Waals surface area (Å²) >= 11 is 0. The van der Waals surface area contributed by atoms with Gasteiger partial charge < -0.3 is 15.3 Å². The molecule has 2 aromatic heterocycles. The maximum atomic E-state index is 12.9. The number of nitrogens with zero attached hydrogens (tertiary/aromatic N) is 4. The Morgan fingerprint density at radius 1 is 1.44 bits per heavy atom. The van der Waals surface area contributed by atoms with Crippen molar-refractivity contribution in [2.75, 3.05) is 7.11 Å². The largest absolute Gasteiger partial charge is 0.619 e. The third-order valence-corrected chi connectivity index (χ3v) is 5.28. The molecule has 1 amide bonds. The van der Waals surface area contributed by atoms with Gasteiger partial charge in [0.25, 0.3) is 5.91 Å². The molecule has 1 saturated carbocycles. The molecule has 2 aromatic rings. The highest BCUT2D eigenvalue weighted by Gasteiger charge is 2.47. The van der Waals surface area contributed by atoms with Crippen molar-refractivity contribution >= 4 is 11.9 Å². The zero-order valence-electron chi connectivity index (χ0n) is 15.4. The van der Waals surface area contributed by atoms with Gasteiger partial charge in [-0.25, -0.2) is 14.5 Å². The van der Waals surface area contributed by atoms with Crippen molar-refractivity contribution in [3.05, 3.63) is 40.7 Å². The quantitative estimate of drug-likeness (QED) is 0.479. The first-order chi connectivity index (χ1) is 12.8. The van der Waals surface area contributed by atoms with Crippen LogP contribution in [0.4, 0.5) is 0 Å². The number of methoxy groups -OCH3 is 1. The van der Waals surface area contributed by atoms with E-state index in [2.05, 4.69) is 15.4 Å². The summed E-state index contributed by atoms with van der Waals surface area (Å²) < 4.78 is 7.01. The van der Waals surface area contributed by atoms with E-state index in [4.69, 9.17) is 4.74 Å². The minimum Gasteiger partial charge on any atom is -0.619 e. The van der Waals surface area contributed by atoms with Crippen LogP contribution < -0.4 is 10.0 Å². The molecule has 0 spiro atoms. The van der Waals surface area contributed by atoms with Crippen LogP contribution >= 0.6 is 0 Å². The number of fused-ring (bicyclic) bond motifs is 3. The number of nitrogens with one attached hydrogen (secondary N) is 1. The lowest BCUT2D eigenvalue weighted by Crippen LogP contribution is -2.50. The first-order valence-corrected chi connectivity index (χ1v) is 8.89. The molecule has 2 aliphatic rings. The average molecular weight is 371 g/mol. The third-order valence-electron chi connectivity index (χ3n) is 5.28. The van der Waals surface area contributed by atoms with E-state index >= 15 is 0 Å². The Morgan fingerprint density at radius 2 is 2.22 bits per heavy atom. The molecule has 27 heavy (non-hydrogen) atoms. The molecule has 0 aromatic carbocycles. The number of amides is 1. The van der Waals surface area contributed by atoms with Gasteiger partial charge in [-0.2, -0.15) is 9.83 Å². The number of esters is 1. The zero-order chi connectivity index (χ0) is 19.3. The number of hydrogen-bond donors (Lipinski definition) is 1. The highest BCUT2D eigenvalue weighted by atomic mass is 16.5. The van der Waals surface area contributed by atoms with Gasteiger partial charge in [-0.05, 0) is 39.0 Å². The standard InChI is InChI=1S/C18H21N5O4/c1-18(2,17(25)27-3)20-16(24)14-11-5-4-10-8-12(10)15(11)23(21-14)13-9-22(26)7-6-19-13/h6-7,9-10,12H,4-5,8H2,1-3H3,(H,20,24)/t10-,12+/m1/s1. The number of ether oxygens (including phenoxy) is 1. The molecule has 0 aliphatic heterocycles. The second-order valence-corrected chi connectivity index (χ2v) is 7.61. The lowest BCUT2D eigenvalue weighted by molar-refractivity contribution is -0.605. The van der Waals surface area contributed by atoms with Gasteiger partial charge in [-0.1, -0.05) is 0 Å². The van der Waals surface area contributed by atoms with Crippen molar-refractivity contribution in [2.45, 2.75) is 44.6 Å². The summed E-state index contributed by atoms with van der Waals surface area (Å²) in [6.07, 6.45) is 6.84. The molecule has 142 valence electrons. The van der Waals surface area contributed by atoms with E-state index in [1.165, 1.54) is 25.7 Å². The first kappa shape index (κ1) is 17.4. The van der Waals surface area contributed by atoms with Gasteiger partial charge in [0, 0.05) is 11.5 Å². The van der Waals surface area contributed by atoms with Crippen molar-refractivity contribution in [1.82, 2.24) is 20.1 Å². The van der Waals surface area contributed by atoms with Crippen LogP contribution in [0.15, 0.2) is 18.6 Å². The molecule has 0 saturated heterocycles. The summed E-state index contributed by atoms with van der Waals surface area (Å²) in [5.74, 6) is 0.327. The molecule has 4 rings (SSSR count). The highest BCUT2D eigenvalue weighted by Crippen LogP contribution is 2.55. The highest BCUT2D eigenvalue weighted by molar-refractivity contribution is 5.98. The van der Waals surface area contributed by atoms with Gasteiger partial charge in [-0.15, -0.1) is 0 Å². The predicted molar refractivity (Wildman–Crippen MR) is 93.0 cm³/mol. The van der Waals surface area contributed by atoms with E-state index < -0.39 is 17.4 Å². The van der Waals surface area contributed by atoms with Crippen LogP contribution in [-0.2, 0) is 16.0 Å². The van der Waals surface area contributed by atoms with Crippen LogP contribution in [-0.4, -0.2) is 39.3 Å². The van der Waals surface area contributed by atoms with Gasteiger partial charge in [0.2, 0.25) is 12.0 Å². The molecule has 1 N–H and O–H groups in total. The van der Waals surface area contributed by atoms with Crippen molar-refractivity contribution in [2.24, 2.45) is 5.92 Å². The van der Waals surface area contributed by atoms with E-state index in [0.717, 1.165) is 30.5 Å². The van der Waals surface area contributed by atoms with E-state index in [0.29, 0.717) is 22.4 Å². The second-order valence-electron chi connectivity index (χ2n) is 7.61. The number of rotatable bonds is 4. The smallest absolute Gasteiger partial charge is 0.330 e. The van der Waals surface area contributed by atoms with E-state index in [-0.39, 0.29) is 5.69 Å². The molecule has 9 heteroatoms. The minimum absolute atomic E-state index is 0.274. The molecule has 2 aliphatic carbocycles. The Bertz CT molecular complexity index is 936. The van der Waals surface area contributed by atoms with Gasteiger partial charge in [0.05, 0.1) is 19.0 Å². The maximum absolute atomic E-state index is 12.9. The summed E-state index contributed by atoms with van der Waals surface area (Å²) in [5, 5.41) is 18.9. The Balaban J connectivity index is 1.75. The fourth-order valence-corrected chi connectivity index (χ4v) is 3.80. The first-order valence-electron chi connectivity index (χ1n) is 8.89. The molecule has 2 atom stereocenters. The van der Waals surface area contributed by atoms with E-state index in [1.807, 2.05) is 0 Å². The second kappa shape index (κ2) is 6.04. The summed E-state index contributed by atoms with van der Waals surface area (Å²) in [4.78, 5) is 29.0. The molecular formula is C18H21N5O4. The normalized spacial score (nSPS) is 20.4. The fourth-order valence-electron chi connectivity index (χ4n) is 3.80. The number of carbonyl (C=O) groups excluding carboxylic acids is 2. The molecule has 9 nitrogen and oxygen atoms in total. The summed E-state index contributed by atoms with van der Waals surface area (Å²) in [6, 6.07) is 0. The summed E-state index contributed by atoms with van der Waals surface area (Å²) in [7, 11) is 1.28. The van der Waals surface area contributed by atoms with Crippen LogP contribution in [0.5, 0.6) is 0 Å². The average Bonchev–Trinajstić information content (AvgIpc) is 3.32. The van der Waals surface area contributed by atoms with Crippen molar-refractivity contribution in [1.29, 1.82) is 0 Å². The van der Waals surface area contributed by atoms with E-state index in [1.54, 1.807) is 18.5 Å². The number of aromatic nitrogens is 4. The molecular weight excluding hydrogens is 350 g/mol. The van der Waals surface area contributed by atoms with Crippen LogP contribution in [0, 0.1) is 11.1 Å². The van der Waals surface area contributed by atoms with Gasteiger partial charge in [0.15, 0.2) is 11.9 Å². The fraction of sp³-hybridized carbons (Fsp3) is 0.500. The Hall–Kier alpha value is -2.97. The Kier molecular flexibility index (Phi) is 3.90. The number of hydrogen-bond acceptors (Lipinski definition) is 6. The van der Waals surface area contributed by atoms with Gasteiger partial charge in [-0.3, -0.25) is 4.79 Å². The van der Waals surface area contributed by atoms with Crippen LogP contribution in [0.25, 0.3) is 5.82 Å². The molecule has 0 unspecified atom stereocenters. The lowest BCUT2D eigenvalue weighted by Gasteiger charge is -2.22. The van der Waals surface area contributed by atoms with Gasteiger partial charge >= 0.3 is 5.97 Å². The van der Waals surface area contributed by atoms with Crippen LogP contribution in [0.3, 0.4) is 0 Å². The Labute approximate surface area is 155 Å². The lowest BCUT2D eigenvalue weighted by atomic mass is 9.95. The SMILES string of the molecule is COC(=O)C(C)(C)NC(=O)c1nn(-c2c[n+]([O-])ccn2)c2c1CC[C@@H]1C[C@H]21. The predicted octanol–water partition coefficient (Wildman–Crippen LogP) is 0.632.